The molecule has 0 aromatic heterocycles. The van der Waals surface area contributed by atoms with Crippen molar-refractivity contribution >= 4 is 29.6 Å². The Labute approximate surface area is 245 Å². The summed E-state index contributed by atoms with van der Waals surface area (Å²) >= 11 is 0. The van der Waals surface area contributed by atoms with Crippen LogP contribution in [0.25, 0.3) is 0 Å². The second-order valence-corrected chi connectivity index (χ2v) is 13.3. The molecule has 1 aromatic rings. The summed E-state index contributed by atoms with van der Waals surface area (Å²) in [6.45, 7) is 9.72. The molecule has 1 aliphatic carbocycles. The normalized spacial score (nSPS) is 25.6. The number of rotatable bonds is 10. The third kappa shape index (κ3) is 6.22. The monoisotopic (exact) mass is 588 g/mol. The van der Waals surface area contributed by atoms with Gasteiger partial charge in [-0.1, -0.05) is 34.6 Å². The van der Waals surface area contributed by atoms with Gasteiger partial charge in [-0.2, -0.15) is 0 Å². The zero-order valence-electron chi connectivity index (χ0n) is 25.0. The maximum absolute atomic E-state index is 14.0. The molecule has 2 aliphatic heterocycles. The Morgan fingerprint density at radius 1 is 1.21 bits per heavy atom. The summed E-state index contributed by atoms with van der Waals surface area (Å²) in [5.74, 6) is -2.43. The number of likely N-dealkylation sites (N-methyl/N-ethyl adjacent to an activating group) is 1. The third-order valence-corrected chi connectivity index (χ3v) is 9.09. The molecule has 3 aliphatic rings. The first-order valence-electron chi connectivity index (χ1n) is 14.3. The fraction of sp³-hybridized carbons (Fsp3) is 0.633. The molecule has 3 fully saturated rings. The minimum Gasteiger partial charge on any atom is -0.486 e. The number of hydrogen-bond acceptors (Lipinski definition) is 6. The molecule has 1 saturated carbocycles. The molecule has 42 heavy (non-hydrogen) atoms. The molecule has 1 aromatic carbocycles. The lowest BCUT2D eigenvalue weighted by Crippen LogP contribution is -2.60. The van der Waals surface area contributed by atoms with Crippen LogP contribution in [0.4, 0.5) is 9.18 Å². The van der Waals surface area contributed by atoms with Gasteiger partial charge in [0.05, 0.1) is 6.04 Å². The van der Waals surface area contributed by atoms with E-state index < -0.39 is 65.6 Å². The Kier molecular flexibility index (Phi) is 8.57. The minimum atomic E-state index is -1.25. The van der Waals surface area contributed by atoms with Crippen LogP contribution in [0, 0.1) is 34.4 Å². The van der Waals surface area contributed by atoms with E-state index in [0.717, 1.165) is 4.90 Å². The number of amides is 4. The highest BCUT2D eigenvalue weighted by molar-refractivity contribution is 5.96. The van der Waals surface area contributed by atoms with Gasteiger partial charge in [-0.25, -0.2) is 9.18 Å². The molecule has 3 N–H and O–H groups in total. The fourth-order valence-corrected chi connectivity index (χ4v) is 6.67. The van der Waals surface area contributed by atoms with Gasteiger partial charge in [0.2, 0.25) is 17.7 Å². The molecular formula is C30H41FN4O7. The van der Waals surface area contributed by atoms with E-state index in [1.807, 2.05) is 13.8 Å². The highest BCUT2D eigenvalue weighted by Gasteiger charge is 2.70. The third-order valence-electron chi connectivity index (χ3n) is 9.09. The number of nitrogens with zero attached hydrogens (tertiary/aromatic N) is 2. The number of Topliss-reactive ketones (excluding diaryl/α,β-unsaturated/α-hetero) is 1. The first-order valence-corrected chi connectivity index (χ1v) is 14.3. The van der Waals surface area contributed by atoms with Crippen LogP contribution in [-0.2, 0) is 19.2 Å². The molecule has 2 saturated heterocycles. The molecule has 0 bridgehead atoms. The zero-order valence-corrected chi connectivity index (χ0v) is 25.0. The van der Waals surface area contributed by atoms with E-state index in [1.165, 1.54) is 36.2 Å². The molecule has 4 rings (SSSR count). The van der Waals surface area contributed by atoms with Gasteiger partial charge < -0.3 is 25.4 Å². The number of carbonyl (C=O) groups is 5. The predicted molar refractivity (Wildman–Crippen MR) is 150 cm³/mol. The number of likely N-dealkylation sites (tertiary alicyclic amines) is 1. The van der Waals surface area contributed by atoms with Crippen molar-refractivity contribution in [2.45, 2.75) is 65.6 Å². The summed E-state index contributed by atoms with van der Waals surface area (Å²) in [6.07, 6.45) is -0.679. The highest BCUT2D eigenvalue weighted by atomic mass is 19.1. The molecule has 2 heterocycles. The van der Waals surface area contributed by atoms with E-state index in [1.54, 1.807) is 20.8 Å². The molecule has 4 amide bonds. The van der Waals surface area contributed by atoms with Crippen LogP contribution < -0.4 is 15.4 Å². The molecule has 6 atom stereocenters. The average molecular weight is 589 g/mol. The number of benzene rings is 1. The first-order chi connectivity index (χ1) is 19.5. The second kappa shape index (κ2) is 11.5. The quantitative estimate of drug-likeness (QED) is 0.380. The lowest BCUT2D eigenvalue weighted by atomic mass is 9.84. The summed E-state index contributed by atoms with van der Waals surface area (Å²) in [5.41, 5.74) is -0.967. The van der Waals surface area contributed by atoms with Crippen molar-refractivity contribution in [2.75, 3.05) is 26.7 Å². The van der Waals surface area contributed by atoms with E-state index in [2.05, 4.69) is 10.6 Å². The zero-order chi connectivity index (χ0) is 31.1. The van der Waals surface area contributed by atoms with Crippen molar-refractivity contribution in [3.05, 3.63) is 30.1 Å². The number of halogens is 1. The number of ketones is 1. The Morgan fingerprint density at radius 2 is 1.86 bits per heavy atom. The Balaban J connectivity index is 1.56. The summed E-state index contributed by atoms with van der Waals surface area (Å²) in [4.78, 5) is 67.9. The SMILES string of the molecule is CN(C(=O)O)[C@H](C(=O)N1C[C@H]2[C@@H]([C@H]1C(=O)N[C@@H](C[C@@H]1CCNC1=O)C(=O)COc1ccc(F)cc1)C2(C)C)C(C)(C)C. The van der Waals surface area contributed by atoms with Crippen molar-refractivity contribution in [1.29, 1.82) is 0 Å². The topological polar surface area (TPSA) is 145 Å². The number of carbonyl (C=O) groups excluding carboxylic acids is 4. The van der Waals surface area contributed by atoms with Crippen molar-refractivity contribution in [1.82, 2.24) is 20.4 Å². The van der Waals surface area contributed by atoms with Crippen molar-refractivity contribution < 1.29 is 38.2 Å². The van der Waals surface area contributed by atoms with E-state index >= 15 is 0 Å². The Morgan fingerprint density at radius 3 is 2.40 bits per heavy atom. The summed E-state index contributed by atoms with van der Waals surface area (Å²) in [5, 5.41) is 15.3. The van der Waals surface area contributed by atoms with Gasteiger partial charge in [-0.05, 0) is 59.8 Å². The predicted octanol–water partition coefficient (Wildman–Crippen LogP) is 2.29. The van der Waals surface area contributed by atoms with Crippen LogP contribution in [0.5, 0.6) is 5.75 Å². The number of nitrogens with one attached hydrogen (secondary N) is 2. The largest absolute Gasteiger partial charge is 0.486 e. The van der Waals surface area contributed by atoms with Gasteiger partial charge in [-0.3, -0.25) is 24.1 Å². The van der Waals surface area contributed by atoms with Crippen LogP contribution in [0.2, 0.25) is 0 Å². The molecule has 230 valence electrons. The van der Waals surface area contributed by atoms with Crippen molar-refractivity contribution in [3.8, 4) is 5.75 Å². The average Bonchev–Trinajstić information content (AvgIpc) is 3.25. The highest BCUT2D eigenvalue weighted by Crippen LogP contribution is 2.65. The van der Waals surface area contributed by atoms with Gasteiger partial charge in [-0.15, -0.1) is 0 Å². The van der Waals surface area contributed by atoms with Crippen molar-refractivity contribution in [3.63, 3.8) is 0 Å². The van der Waals surface area contributed by atoms with E-state index in [-0.39, 0.29) is 35.3 Å². The van der Waals surface area contributed by atoms with E-state index in [4.69, 9.17) is 4.74 Å². The fourth-order valence-electron chi connectivity index (χ4n) is 6.67. The van der Waals surface area contributed by atoms with Crippen molar-refractivity contribution in [2.24, 2.45) is 28.6 Å². The van der Waals surface area contributed by atoms with Gasteiger partial charge in [0.15, 0.2) is 5.78 Å². The number of ether oxygens (including phenoxy) is 1. The molecule has 0 unspecified atom stereocenters. The van der Waals surface area contributed by atoms with Crippen LogP contribution in [0.15, 0.2) is 24.3 Å². The van der Waals surface area contributed by atoms with E-state index in [9.17, 15) is 33.5 Å². The summed E-state index contributed by atoms with van der Waals surface area (Å²) in [6, 6.07) is 2.17. The number of hydrogen-bond donors (Lipinski definition) is 3. The molecule has 0 spiro atoms. The minimum absolute atomic E-state index is 0.0459. The van der Waals surface area contributed by atoms with Crippen LogP contribution in [-0.4, -0.2) is 89.4 Å². The van der Waals surface area contributed by atoms with Crippen LogP contribution in [0.1, 0.15) is 47.5 Å². The maximum atomic E-state index is 14.0. The molecule has 0 radical (unpaired) electrons. The first kappa shape index (κ1) is 31.2. The number of piperidine rings is 1. The lowest BCUT2D eigenvalue weighted by Gasteiger charge is -2.40. The van der Waals surface area contributed by atoms with Gasteiger partial charge in [0, 0.05) is 26.1 Å². The Bertz CT molecular complexity index is 1250. The number of fused-ring (bicyclic) bond motifs is 1. The van der Waals surface area contributed by atoms with Crippen LogP contribution in [0.3, 0.4) is 0 Å². The van der Waals surface area contributed by atoms with E-state index in [0.29, 0.717) is 19.5 Å². The summed E-state index contributed by atoms with van der Waals surface area (Å²) < 4.78 is 18.8. The summed E-state index contributed by atoms with van der Waals surface area (Å²) in [7, 11) is 1.34. The second-order valence-electron chi connectivity index (χ2n) is 13.3. The lowest BCUT2D eigenvalue weighted by molar-refractivity contribution is -0.147. The van der Waals surface area contributed by atoms with Gasteiger partial charge in [0.25, 0.3) is 0 Å². The molecule has 12 heteroatoms. The standard InChI is InChI=1S/C30H41FN4O7/c1-29(2,3)24(34(6)28(40)41)27(39)35-14-19-22(30(19,4)5)23(35)26(38)33-20(13-16-11-12-32-25(16)37)21(36)15-42-18-9-7-17(31)8-10-18/h7-10,16,19-20,22-24H,11-15H2,1-6H3,(H,32,37)(H,33,38)(H,40,41)/t16-,19-,20-,22-,23-,24+/m0/s1. The Hall–Kier alpha value is -3.70. The maximum Gasteiger partial charge on any atom is 0.407 e. The van der Waals surface area contributed by atoms with Crippen LogP contribution >= 0.6 is 0 Å². The molecule has 11 nitrogen and oxygen atoms in total. The van der Waals surface area contributed by atoms with Gasteiger partial charge in [0.1, 0.15) is 30.3 Å². The van der Waals surface area contributed by atoms with Gasteiger partial charge >= 0.3 is 6.09 Å². The number of carboxylic acid groups (broad SMARTS) is 1. The molecular weight excluding hydrogens is 547 g/mol. The smallest absolute Gasteiger partial charge is 0.407 e.